The van der Waals surface area contributed by atoms with Gasteiger partial charge in [-0.3, -0.25) is 0 Å². The number of hydrogen-bond donors (Lipinski definition) is 1. The Hall–Kier alpha value is -0.541. The molecule has 0 rings (SSSR count). The van der Waals surface area contributed by atoms with Gasteiger partial charge in [-0.05, 0) is 0 Å². The Morgan fingerprint density at radius 3 is 1.50 bits per heavy atom. The van der Waals surface area contributed by atoms with E-state index in [2.05, 4.69) is 0 Å². The molecule has 4 heteroatoms. The number of nitriles is 2. The van der Waals surface area contributed by atoms with Crippen LogP contribution in [0.5, 0.6) is 0 Å². The molecule has 0 unspecified atom stereocenters. The van der Waals surface area contributed by atoms with E-state index < -0.39 is 15.0 Å². The molecule has 0 saturated heterocycles. The summed E-state index contributed by atoms with van der Waals surface area (Å²) in [5.41, 5.74) is 0. The van der Waals surface area contributed by atoms with Gasteiger partial charge in [0.15, 0.2) is 0 Å². The fraction of sp³-hybridized carbons (Fsp3) is 0. The van der Waals surface area contributed by atoms with Gasteiger partial charge in [-0.15, -0.1) is 0 Å². The molecule has 0 aromatic carbocycles. The molecule has 0 aliphatic heterocycles. The van der Waals surface area contributed by atoms with Gasteiger partial charge in [-0.2, -0.15) is 0 Å². The Morgan fingerprint density at radius 1 is 1.17 bits per heavy atom. The van der Waals surface area contributed by atoms with E-state index in [-0.39, 0.29) is 6.15 Å². The molecule has 0 spiro atoms. The molecule has 3 nitrogen and oxygen atoms in total. The van der Waals surface area contributed by atoms with Gasteiger partial charge in [0.25, 0.3) is 0 Å². The molecule has 0 saturated carbocycles. The van der Waals surface area contributed by atoms with Crippen LogP contribution in [0.1, 0.15) is 0 Å². The first-order valence-electron chi connectivity index (χ1n) is 0.855. The minimum absolute atomic E-state index is 0. The van der Waals surface area contributed by atoms with Crippen molar-refractivity contribution in [1.82, 2.24) is 6.15 Å². The normalized spacial score (nSPS) is 3.67. The summed E-state index contributed by atoms with van der Waals surface area (Å²) in [4.78, 5) is 3.44. The van der Waals surface area contributed by atoms with Crippen LogP contribution in [0.3, 0.4) is 0 Å². The van der Waals surface area contributed by atoms with Gasteiger partial charge < -0.3 is 6.15 Å². The Labute approximate surface area is 42.3 Å². The third-order valence-electron chi connectivity index (χ3n) is 0.0913. The zero-order valence-corrected chi connectivity index (χ0v) is 4.72. The van der Waals surface area contributed by atoms with Gasteiger partial charge in [0.1, 0.15) is 0 Å². The molecule has 32 valence electrons. The van der Waals surface area contributed by atoms with E-state index in [0.717, 1.165) is 0 Å². The van der Waals surface area contributed by atoms with Crippen molar-refractivity contribution in [3.63, 3.8) is 0 Å². The van der Waals surface area contributed by atoms with E-state index in [9.17, 15) is 0 Å². The molecule has 6 heavy (non-hydrogen) atoms. The third-order valence-corrected chi connectivity index (χ3v) is 0.474. The van der Waals surface area contributed by atoms with E-state index >= 15 is 0 Å². The van der Waals surface area contributed by atoms with Gasteiger partial charge in [0.05, 0.1) is 0 Å². The van der Waals surface area contributed by atoms with Crippen LogP contribution in [0.25, 0.3) is 0 Å². The first-order valence-corrected chi connectivity index (χ1v) is 2.57. The van der Waals surface area contributed by atoms with Crippen molar-refractivity contribution in [2.45, 2.75) is 0 Å². The molecule has 0 aromatic rings. The van der Waals surface area contributed by atoms with Crippen LogP contribution in [0, 0.1) is 20.5 Å². The summed E-state index contributed by atoms with van der Waals surface area (Å²) in [5, 5.41) is 15.2. The maximum atomic E-state index is 7.62. The second-order valence-electron chi connectivity index (χ2n) is 0.285. The Bertz CT molecular complexity index is 73.9. The summed E-state index contributed by atoms with van der Waals surface area (Å²) >= 11 is -0.431. The summed E-state index contributed by atoms with van der Waals surface area (Å²) in [5.74, 6) is 0. The molecular weight excluding hydrogens is 145 g/mol. The van der Waals surface area contributed by atoms with Crippen molar-refractivity contribution in [2.75, 3.05) is 0 Å². The first kappa shape index (κ1) is 9.07. The van der Waals surface area contributed by atoms with Crippen molar-refractivity contribution in [3.8, 4) is 9.94 Å². The second kappa shape index (κ2) is 8.82. The molecular formula is C2H3N3Se. The Balaban J connectivity index is 0. The van der Waals surface area contributed by atoms with E-state index in [1.54, 1.807) is 9.94 Å². The monoisotopic (exact) mass is 149 g/mol. The van der Waals surface area contributed by atoms with Crippen molar-refractivity contribution in [1.29, 1.82) is 10.5 Å². The average molecular weight is 148 g/mol. The summed E-state index contributed by atoms with van der Waals surface area (Å²) in [6.07, 6.45) is 0. The topological polar surface area (TPSA) is 82.6 Å². The number of hydrogen-bond acceptors (Lipinski definition) is 3. The number of rotatable bonds is 0. The van der Waals surface area contributed by atoms with Crippen molar-refractivity contribution >= 4 is 15.0 Å². The first-order chi connectivity index (χ1) is 2.41. The predicted molar refractivity (Wildman–Crippen MR) is 22.0 cm³/mol. The maximum absolute atomic E-state index is 7.62. The molecule has 0 radical (unpaired) electrons. The van der Waals surface area contributed by atoms with Crippen LogP contribution in [-0.2, 0) is 0 Å². The molecule has 0 fully saturated rings. The van der Waals surface area contributed by atoms with Gasteiger partial charge in [-0.25, -0.2) is 0 Å². The second-order valence-corrected chi connectivity index (χ2v) is 1.48. The van der Waals surface area contributed by atoms with Gasteiger partial charge in [0.2, 0.25) is 0 Å². The van der Waals surface area contributed by atoms with E-state index in [0.29, 0.717) is 0 Å². The SMILES string of the molecule is N.N#C[Se]C#N. The summed E-state index contributed by atoms with van der Waals surface area (Å²) in [6, 6.07) is 0. The zero-order chi connectivity index (χ0) is 4.12. The molecule has 0 aliphatic rings. The molecule has 0 bridgehead atoms. The fourth-order valence-electron chi connectivity index (χ4n) is 0.0204. The summed E-state index contributed by atoms with van der Waals surface area (Å²) in [6.45, 7) is 0. The summed E-state index contributed by atoms with van der Waals surface area (Å²) < 4.78 is 0. The molecule has 3 N–H and O–H groups in total. The van der Waals surface area contributed by atoms with Crippen molar-refractivity contribution < 1.29 is 0 Å². The third kappa shape index (κ3) is 9.82. The minimum atomic E-state index is -0.431. The van der Waals surface area contributed by atoms with Crippen LogP contribution in [0.15, 0.2) is 0 Å². The fourth-order valence-corrected chi connectivity index (χ4v) is 0.106. The molecule has 0 atom stereocenters. The van der Waals surface area contributed by atoms with Gasteiger partial charge in [0, 0.05) is 0 Å². The summed E-state index contributed by atoms with van der Waals surface area (Å²) in [7, 11) is 0. The molecule has 0 heterocycles. The van der Waals surface area contributed by atoms with Crippen LogP contribution >= 0.6 is 0 Å². The van der Waals surface area contributed by atoms with E-state index in [4.69, 9.17) is 10.5 Å². The predicted octanol–water partition coefficient (Wildman–Crippen LogP) is -0.185. The van der Waals surface area contributed by atoms with E-state index in [1.165, 1.54) is 0 Å². The van der Waals surface area contributed by atoms with Crippen LogP contribution < -0.4 is 6.15 Å². The molecule has 0 aromatic heterocycles. The van der Waals surface area contributed by atoms with E-state index in [1.807, 2.05) is 0 Å². The van der Waals surface area contributed by atoms with Gasteiger partial charge in [-0.1, -0.05) is 0 Å². The Kier molecular flexibility index (Phi) is 13.3. The zero-order valence-electron chi connectivity index (χ0n) is 3.01. The van der Waals surface area contributed by atoms with Crippen LogP contribution in [0.4, 0.5) is 0 Å². The van der Waals surface area contributed by atoms with Crippen molar-refractivity contribution in [2.24, 2.45) is 0 Å². The molecule has 0 aliphatic carbocycles. The van der Waals surface area contributed by atoms with Crippen LogP contribution in [-0.4, -0.2) is 15.0 Å². The number of nitrogens with zero attached hydrogens (tertiary/aromatic N) is 2. The molecule has 0 amide bonds. The quantitative estimate of drug-likeness (QED) is 0.483. The van der Waals surface area contributed by atoms with Crippen LogP contribution in [0.2, 0.25) is 0 Å². The van der Waals surface area contributed by atoms with Gasteiger partial charge >= 0.3 is 35.4 Å². The Morgan fingerprint density at radius 2 is 1.50 bits per heavy atom. The van der Waals surface area contributed by atoms with Crippen molar-refractivity contribution in [3.05, 3.63) is 0 Å². The average Bonchev–Trinajstić information content (AvgIpc) is 1.41. The standard InChI is InChI=1S/C2N2Se.H3N/c3-1-5-2-4;/h;1H3.